The molecule has 0 radical (unpaired) electrons. The molecule has 2 fully saturated rings. The van der Waals surface area contributed by atoms with Gasteiger partial charge in [0.25, 0.3) is 5.91 Å². The van der Waals surface area contributed by atoms with Crippen LogP contribution < -0.4 is 4.74 Å². The summed E-state index contributed by atoms with van der Waals surface area (Å²) in [5.41, 5.74) is 1.79. The monoisotopic (exact) mass is 417 g/mol. The molecule has 156 valence electrons. The minimum absolute atomic E-state index is 0.121. The molecule has 1 aliphatic carbocycles. The van der Waals surface area contributed by atoms with Crippen molar-refractivity contribution in [3.8, 4) is 5.75 Å². The highest BCUT2D eigenvalue weighted by molar-refractivity contribution is 6.31. The van der Waals surface area contributed by atoms with E-state index in [9.17, 15) is 4.79 Å². The number of oxazole rings is 1. The summed E-state index contributed by atoms with van der Waals surface area (Å²) >= 11 is 6.48. The lowest BCUT2D eigenvalue weighted by molar-refractivity contribution is 0.0406. The van der Waals surface area contributed by atoms with Crippen molar-refractivity contribution in [3.05, 3.63) is 46.6 Å². The number of likely N-dealkylation sites (tertiary alicyclic amines) is 1. The van der Waals surface area contributed by atoms with E-state index in [1.807, 2.05) is 12.1 Å². The first kappa shape index (κ1) is 20.2. The standard InChI is InChI=1S/C22H28ClN3O3/c1-15-21(28-14-24-15)22(27)25(2)12-16-9-19(10-16)29-18-6-5-17(20(23)11-18)13-26-7-3-4-8-26/h5-6,11,14,16,19H,3-4,7-10,12-13H2,1-2H3. The number of ether oxygens (including phenoxy) is 1. The lowest BCUT2D eigenvalue weighted by Crippen LogP contribution is -2.42. The molecule has 0 N–H and O–H groups in total. The molecule has 0 unspecified atom stereocenters. The molecule has 1 aliphatic heterocycles. The molecular formula is C22H28ClN3O3. The third-order valence-corrected chi connectivity index (χ3v) is 6.28. The Morgan fingerprint density at radius 1 is 1.34 bits per heavy atom. The normalized spacial score (nSPS) is 21.8. The summed E-state index contributed by atoms with van der Waals surface area (Å²) in [6.07, 6.45) is 5.91. The molecule has 4 rings (SSSR count). The lowest BCUT2D eigenvalue weighted by Gasteiger charge is -2.37. The predicted molar refractivity (Wildman–Crippen MR) is 111 cm³/mol. The van der Waals surface area contributed by atoms with Crippen molar-refractivity contribution in [3.63, 3.8) is 0 Å². The molecule has 7 heteroatoms. The highest BCUT2D eigenvalue weighted by atomic mass is 35.5. The minimum Gasteiger partial charge on any atom is -0.490 e. The maximum Gasteiger partial charge on any atom is 0.291 e. The van der Waals surface area contributed by atoms with Gasteiger partial charge in [0.1, 0.15) is 5.75 Å². The molecular weight excluding hydrogens is 390 g/mol. The maximum absolute atomic E-state index is 12.4. The van der Waals surface area contributed by atoms with Crippen LogP contribution >= 0.6 is 11.6 Å². The fraction of sp³-hybridized carbons (Fsp3) is 0.545. The van der Waals surface area contributed by atoms with Crippen LogP contribution in [0.5, 0.6) is 5.75 Å². The molecule has 29 heavy (non-hydrogen) atoms. The Morgan fingerprint density at radius 3 is 2.76 bits per heavy atom. The maximum atomic E-state index is 12.4. The molecule has 0 spiro atoms. The number of carbonyl (C=O) groups is 1. The number of carbonyl (C=O) groups excluding carboxylic acids is 1. The van der Waals surface area contributed by atoms with Gasteiger partial charge >= 0.3 is 0 Å². The van der Waals surface area contributed by atoms with Crippen molar-refractivity contribution >= 4 is 17.5 Å². The van der Waals surface area contributed by atoms with Gasteiger partial charge in [-0.3, -0.25) is 9.69 Å². The Kier molecular flexibility index (Phi) is 6.11. The summed E-state index contributed by atoms with van der Waals surface area (Å²) in [4.78, 5) is 20.5. The quantitative estimate of drug-likeness (QED) is 0.676. The van der Waals surface area contributed by atoms with Crippen LogP contribution in [0.25, 0.3) is 0 Å². The zero-order valence-electron chi connectivity index (χ0n) is 17.1. The predicted octanol–water partition coefficient (Wildman–Crippen LogP) is 4.16. The number of amides is 1. The van der Waals surface area contributed by atoms with Crippen molar-refractivity contribution < 1.29 is 13.9 Å². The number of rotatable bonds is 7. The topological polar surface area (TPSA) is 58.8 Å². The average molecular weight is 418 g/mol. The first-order chi connectivity index (χ1) is 14.0. The van der Waals surface area contributed by atoms with Crippen LogP contribution in [0.4, 0.5) is 0 Å². The van der Waals surface area contributed by atoms with Crippen molar-refractivity contribution in [2.24, 2.45) is 5.92 Å². The fourth-order valence-corrected chi connectivity index (χ4v) is 4.40. The molecule has 0 bridgehead atoms. The third-order valence-electron chi connectivity index (χ3n) is 5.93. The second-order valence-electron chi connectivity index (χ2n) is 8.27. The fourth-order valence-electron chi connectivity index (χ4n) is 4.17. The smallest absolute Gasteiger partial charge is 0.291 e. The van der Waals surface area contributed by atoms with E-state index in [1.165, 1.54) is 19.2 Å². The zero-order chi connectivity index (χ0) is 20.4. The Bertz CT molecular complexity index is 857. The number of hydrogen-bond acceptors (Lipinski definition) is 5. The number of aromatic nitrogens is 1. The van der Waals surface area contributed by atoms with Crippen LogP contribution in [-0.2, 0) is 6.54 Å². The largest absolute Gasteiger partial charge is 0.490 e. The minimum atomic E-state index is -0.121. The molecule has 1 saturated carbocycles. The molecule has 1 aromatic heterocycles. The number of benzene rings is 1. The van der Waals surface area contributed by atoms with Gasteiger partial charge in [0.15, 0.2) is 6.39 Å². The van der Waals surface area contributed by atoms with Gasteiger partial charge in [-0.25, -0.2) is 4.98 Å². The van der Waals surface area contributed by atoms with Gasteiger partial charge in [0.2, 0.25) is 5.76 Å². The van der Waals surface area contributed by atoms with E-state index in [-0.39, 0.29) is 12.0 Å². The summed E-state index contributed by atoms with van der Waals surface area (Å²) in [7, 11) is 1.80. The Morgan fingerprint density at radius 2 is 2.10 bits per heavy atom. The first-order valence-electron chi connectivity index (χ1n) is 10.3. The van der Waals surface area contributed by atoms with Gasteiger partial charge in [0.05, 0.1) is 11.8 Å². The van der Waals surface area contributed by atoms with E-state index in [2.05, 4.69) is 16.0 Å². The highest BCUT2D eigenvalue weighted by Crippen LogP contribution is 2.33. The second kappa shape index (κ2) is 8.76. The van der Waals surface area contributed by atoms with Gasteiger partial charge in [-0.15, -0.1) is 0 Å². The molecule has 6 nitrogen and oxygen atoms in total. The van der Waals surface area contributed by atoms with Crippen LogP contribution in [0.3, 0.4) is 0 Å². The Hall–Kier alpha value is -2.05. The summed E-state index contributed by atoms with van der Waals surface area (Å²) in [6.45, 7) is 5.69. The lowest BCUT2D eigenvalue weighted by atomic mass is 9.82. The van der Waals surface area contributed by atoms with Crippen LogP contribution in [-0.4, -0.2) is 53.5 Å². The Labute approximate surface area is 176 Å². The van der Waals surface area contributed by atoms with Crippen LogP contribution in [0.15, 0.2) is 29.0 Å². The van der Waals surface area contributed by atoms with E-state index in [4.69, 9.17) is 20.8 Å². The zero-order valence-corrected chi connectivity index (χ0v) is 17.8. The van der Waals surface area contributed by atoms with Crippen molar-refractivity contribution in [1.29, 1.82) is 0 Å². The van der Waals surface area contributed by atoms with E-state index in [1.54, 1.807) is 18.9 Å². The summed E-state index contributed by atoms with van der Waals surface area (Å²) < 4.78 is 11.3. The van der Waals surface area contributed by atoms with Crippen molar-refractivity contribution in [2.45, 2.75) is 45.3 Å². The summed E-state index contributed by atoms with van der Waals surface area (Å²) in [6, 6.07) is 6.04. The number of halogens is 1. The van der Waals surface area contributed by atoms with Crippen LogP contribution in [0, 0.1) is 12.8 Å². The third kappa shape index (κ3) is 4.75. The summed E-state index contributed by atoms with van der Waals surface area (Å²) in [5.74, 6) is 1.46. The number of aryl methyl sites for hydroxylation is 1. The molecule has 2 aliphatic rings. The van der Waals surface area contributed by atoms with Gasteiger partial charge in [-0.2, -0.15) is 0 Å². The SMILES string of the molecule is Cc1ncoc1C(=O)N(C)CC1CC(Oc2ccc(CN3CCCC3)c(Cl)c2)C1. The van der Waals surface area contributed by atoms with E-state index < -0.39 is 0 Å². The Balaban J connectivity index is 1.23. The van der Waals surface area contributed by atoms with Crippen molar-refractivity contribution in [2.75, 3.05) is 26.7 Å². The summed E-state index contributed by atoms with van der Waals surface area (Å²) in [5, 5.41) is 0.776. The average Bonchev–Trinajstić information content (AvgIpc) is 3.33. The molecule has 0 atom stereocenters. The van der Waals surface area contributed by atoms with E-state index in [0.29, 0.717) is 23.9 Å². The first-order valence-corrected chi connectivity index (χ1v) is 10.7. The van der Waals surface area contributed by atoms with E-state index >= 15 is 0 Å². The van der Waals surface area contributed by atoms with Gasteiger partial charge in [0, 0.05) is 25.2 Å². The number of nitrogens with zero attached hydrogens (tertiary/aromatic N) is 3. The molecule has 1 amide bonds. The molecule has 1 saturated heterocycles. The second-order valence-corrected chi connectivity index (χ2v) is 8.67. The van der Waals surface area contributed by atoms with Gasteiger partial charge < -0.3 is 14.1 Å². The molecule has 2 heterocycles. The van der Waals surface area contributed by atoms with Crippen LogP contribution in [0.2, 0.25) is 5.02 Å². The van der Waals surface area contributed by atoms with Gasteiger partial charge in [-0.05, 0) is 69.3 Å². The van der Waals surface area contributed by atoms with E-state index in [0.717, 1.165) is 48.8 Å². The van der Waals surface area contributed by atoms with Crippen LogP contribution in [0.1, 0.15) is 47.5 Å². The molecule has 1 aromatic carbocycles. The highest BCUT2D eigenvalue weighted by Gasteiger charge is 2.33. The van der Waals surface area contributed by atoms with Crippen molar-refractivity contribution in [1.82, 2.24) is 14.8 Å². The number of hydrogen-bond donors (Lipinski definition) is 0. The molecule has 2 aromatic rings. The van der Waals surface area contributed by atoms with Gasteiger partial charge in [-0.1, -0.05) is 17.7 Å².